The Bertz CT molecular complexity index is 1570. The van der Waals surface area contributed by atoms with Gasteiger partial charge in [-0.15, -0.1) is 0 Å². The number of anilines is 1. The summed E-state index contributed by atoms with van der Waals surface area (Å²) in [6, 6.07) is 20.4. The quantitative estimate of drug-likeness (QED) is 0.292. The van der Waals surface area contributed by atoms with E-state index in [1.165, 1.54) is 4.31 Å². The SMILES string of the molecule is Cc1ccc(OCc2ccc(-c3nc(C#N)c(N4CCN(S(=O)(=O)c5ccc(C(C)C)cc5)CC4)o3)o2)cc1. The lowest BCUT2D eigenvalue weighted by molar-refractivity contribution is 0.271. The number of aromatic nitrogens is 1. The van der Waals surface area contributed by atoms with Crippen molar-refractivity contribution in [1.82, 2.24) is 9.29 Å². The molecule has 0 bridgehead atoms. The molecule has 0 saturated carbocycles. The molecule has 0 radical (unpaired) electrons. The van der Waals surface area contributed by atoms with Crippen LogP contribution in [0.25, 0.3) is 11.7 Å². The summed E-state index contributed by atoms with van der Waals surface area (Å²) in [6.45, 7) is 7.63. The summed E-state index contributed by atoms with van der Waals surface area (Å²) in [7, 11) is -3.62. The van der Waals surface area contributed by atoms with Gasteiger partial charge in [0.25, 0.3) is 5.89 Å². The Morgan fingerprint density at radius 3 is 2.31 bits per heavy atom. The van der Waals surface area contributed by atoms with Crippen LogP contribution in [0, 0.1) is 18.3 Å². The molecule has 5 rings (SSSR count). The maximum atomic E-state index is 13.2. The van der Waals surface area contributed by atoms with E-state index in [1.807, 2.05) is 48.2 Å². The molecule has 2 aromatic heterocycles. The van der Waals surface area contributed by atoms with Crippen molar-refractivity contribution in [2.45, 2.75) is 38.2 Å². The second kappa shape index (κ2) is 11.0. The number of ether oxygens (including phenoxy) is 1. The molecule has 0 N–H and O–H groups in total. The first-order chi connectivity index (χ1) is 18.7. The van der Waals surface area contributed by atoms with Gasteiger partial charge in [-0.05, 0) is 54.8 Å². The van der Waals surface area contributed by atoms with E-state index in [0.717, 1.165) is 16.9 Å². The largest absolute Gasteiger partial charge is 0.486 e. The van der Waals surface area contributed by atoms with Gasteiger partial charge in [0.1, 0.15) is 24.2 Å². The number of nitrogens with zero attached hydrogens (tertiary/aromatic N) is 4. The second-order valence-electron chi connectivity index (χ2n) is 9.77. The molecular formula is C29H30N4O5S. The molecule has 10 heteroatoms. The molecule has 39 heavy (non-hydrogen) atoms. The molecule has 3 heterocycles. The molecule has 0 atom stereocenters. The predicted octanol–water partition coefficient (Wildman–Crippen LogP) is 5.33. The molecule has 0 unspecified atom stereocenters. The van der Waals surface area contributed by atoms with Crippen molar-refractivity contribution in [3.63, 3.8) is 0 Å². The van der Waals surface area contributed by atoms with E-state index in [-0.39, 0.29) is 36.2 Å². The minimum atomic E-state index is -3.62. The van der Waals surface area contributed by atoms with Crippen LogP contribution in [-0.4, -0.2) is 43.9 Å². The highest BCUT2D eigenvalue weighted by atomic mass is 32.2. The highest BCUT2D eigenvalue weighted by Gasteiger charge is 2.31. The van der Waals surface area contributed by atoms with Crippen LogP contribution in [0.5, 0.6) is 5.75 Å². The van der Waals surface area contributed by atoms with E-state index in [2.05, 4.69) is 24.9 Å². The molecule has 4 aromatic rings. The number of hydrogen-bond acceptors (Lipinski definition) is 8. The number of benzene rings is 2. The second-order valence-corrected chi connectivity index (χ2v) is 11.7. The zero-order valence-electron chi connectivity index (χ0n) is 22.1. The number of hydrogen-bond donors (Lipinski definition) is 0. The monoisotopic (exact) mass is 546 g/mol. The van der Waals surface area contributed by atoms with Crippen LogP contribution in [0.3, 0.4) is 0 Å². The summed E-state index contributed by atoms with van der Waals surface area (Å²) in [5.74, 6) is 2.52. The third kappa shape index (κ3) is 5.70. The third-order valence-corrected chi connectivity index (χ3v) is 8.61. The van der Waals surface area contributed by atoms with Crippen molar-refractivity contribution in [3.05, 3.63) is 83.2 Å². The summed E-state index contributed by atoms with van der Waals surface area (Å²) in [4.78, 5) is 6.44. The Balaban J connectivity index is 1.25. The molecule has 202 valence electrons. The zero-order chi connectivity index (χ0) is 27.6. The topological polar surface area (TPSA) is 113 Å². The van der Waals surface area contributed by atoms with Crippen LogP contribution in [0.4, 0.5) is 5.88 Å². The van der Waals surface area contributed by atoms with Crippen molar-refractivity contribution in [2.24, 2.45) is 0 Å². The predicted molar refractivity (Wildman–Crippen MR) is 146 cm³/mol. The summed E-state index contributed by atoms with van der Waals surface area (Å²) >= 11 is 0. The van der Waals surface area contributed by atoms with Gasteiger partial charge in [-0.3, -0.25) is 0 Å². The normalized spacial score (nSPS) is 14.5. The van der Waals surface area contributed by atoms with E-state index in [9.17, 15) is 13.7 Å². The van der Waals surface area contributed by atoms with Gasteiger partial charge in [0.2, 0.25) is 21.6 Å². The minimum Gasteiger partial charge on any atom is -0.486 e. The Morgan fingerprint density at radius 2 is 1.67 bits per heavy atom. The highest BCUT2D eigenvalue weighted by Crippen LogP contribution is 2.31. The molecule has 1 saturated heterocycles. The molecule has 1 aliphatic rings. The van der Waals surface area contributed by atoms with Crippen molar-refractivity contribution < 1.29 is 22.0 Å². The van der Waals surface area contributed by atoms with Crippen LogP contribution >= 0.6 is 0 Å². The first-order valence-corrected chi connectivity index (χ1v) is 14.2. The van der Waals surface area contributed by atoms with Crippen molar-refractivity contribution in [3.8, 4) is 23.5 Å². The van der Waals surface area contributed by atoms with Gasteiger partial charge >= 0.3 is 0 Å². The Morgan fingerprint density at radius 1 is 0.974 bits per heavy atom. The van der Waals surface area contributed by atoms with Crippen molar-refractivity contribution >= 4 is 15.9 Å². The molecule has 2 aromatic carbocycles. The van der Waals surface area contributed by atoms with E-state index >= 15 is 0 Å². The number of piperazine rings is 1. The van der Waals surface area contributed by atoms with Gasteiger partial charge in [-0.1, -0.05) is 43.7 Å². The molecule has 0 spiro atoms. The Hall–Kier alpha value is -4.07. The summed E-state index contributed by atoms with van der Waals surface area (Å²) in [5, 5.41) is 9.68. The van der Waals surface area contributed by atoms with Gasteiger partial charge in [0.05, 0.1) is 4.90 Å². The van der Waals surface area contributed by atoms with Gasteiger partial charge in [0, 0.05) is 26.2 Å². The van der Waals surface area contributed by atoms with Crippen LogP contribution in [-0.2, 0) is 16.6 Å². The third-order valence-electron chi connectivity index (χ3n) is 6.70. The lowest BCUT2D eigenvalue weighted by Gasteiger charge is -2.33. The van der Waals surface area contributed by atoms with Crippen LogP contribution in [0.2, 0.25) is 0 Å². The standard InChI is InChI=1S/C29H30N4O5S/c1-20(2)22-6-11-25(12-7-22)39(34,35)33-16-14-32(15-17-33)29-26(18-30)31-28(38-29)27-13-10-24(37-27)19-36-23-8-4-21(3)5-9-23/h4-13,20H,14-17,19H2,1-3H3. The van der Waals surface area contributed by atoms with Crippen molar-refractivity contribution in [1.29, 1.82) is 5.26 Å². The lowest BCUT2D eigenvalue weighted by atomic mass is 10.0. The maximum Gasteiger partial charge on any atom is 0.266 e. The number of nitriles is 1. The van der Waals surface area contributed by atoms with Crippen LogP contribution in [0.1, 0.15) is 42.3 Å². The van der Waals surface area contributed by atoms with Crippen molar-refractivity contribution in [2.75, 3.05) is 31.1 Å². The summed E-state index contributed by atoms with van der Waals surface area (Å²) < 4.78 is 45.4. The molecule has 1 fully saturated rings. The summed E-state index contributed by atoms with van der Waals surface area (Å²) in [5.41, 5.74) is 2.36. The number of rotatable bonds is 8. The maximum absolute atomic E-state index is 13.2. The zero-order valence-corrected chi connectivity index (χ0v) is 22.9. The number of sulfonamides is 1. The Labute approximate surface area is 228 Å². The van der Waals surface area contributed by atoms with Gasteiger partial charge < -0.3 is 18.5 Å². The fraction of sp³-hybridized carbons (Fsp3) is 0.310. The first kappa shape index (κ1) is 26.5. The highest BCUT2D eigenvalue weighted by molar-refractivity contribution is 7.89. The average Bonchev–Trinajstić information content (AvgIpc) is 3.60. The van der Waals surface area contributed by atoms with E-state index in [1.54, 1.807) is 24.3 Å². The number of oxazole rings is 1. The number of aryl methyl sites for hydroxylation is 1. The van der Waals surface area contributed by atoms with Gasteiger partial charge in [0.15, 0.2) is 5.76 Å². The fourth-order valence-corrected chi connectivity index (χ4v) is 5.79. The smallest absolute Gasteiger partial charge is 0.266 e. The van der Waals surface area contributed by atoms with Gasteiger partial charge in [-0.25, -0.2) is 8.42 Å². The molecule has 9 nitrogen and oxygen atoms in total. The average molecular weight is 547 g/mol. The van der Waals surface area contributed by atoms with E-state index in [4.69, 9.17) is 13.6 Å². The first-order valence-electron chi connectivity index (χ1n) is 12.8. The number of furan rings is 1. The lowest BCUT2D eigenvalue weighted by Crippen LogP contribution is -2.48. The van der Waals surface area contributed by atoms with E-state index < -0.39 is 10.0 Å². The van der Waals surface area contributed by atoms with E-state index in [0.29, 0.717) is 36.4 Å². The fourth-order valence-electron chi connectivity index (χ4n) is 4.37. The minimum absolute atomic E-state index is 0.124. The molecular weight excluding hydrogens is 516 g/mol. The molecule has 1 aliphatic heterocycles. The van der Waals surface area contributed by atoms with Crippen LogP contribution < -0.4 is 9.64 Å². The Kier molecular flexibility index (Phi) is 7.46. The van der Waals surface area contributed by atoms with Crippen LogP contribution in [0.15, 0.2) is 74.4 Å². The molecule has 0 amide bonds. The summed E-state index contributed by atoms with van der Waals surface area (Å²) in [6.07, 6.45) is 0. The molecule has 0 aliphatic carbocycles. The van der Waals surface area contributed by atoms with Gasteiger partial charge in [-0.2, -0.15) is 14.6 Å².